The quantitative estimate of drug-likeness (QED) is 0.640. The minimum absolute atomic E-state index is 0.209. The molecule has 3 rings (SSSR count). The third kappa shape index (κ3) is 3.75. The molecule has 0 saturated heterocycles. The molecule has 0 radical (unpaired) electrons. The fourth-order valence-electron chi connectivity index (χ4n) is 2.81. The van der Waals surface area contributed by atoms with Crippen LogP contribution in [0.5, 0.6) is 0 Å². The Balaban J connectivity index is 1.78. The van der Waals surface area contributed by atoms with E-state index < -0.39 is 5.97 Å². The molecule has 1 aliphatic heterocycles. The first kappa shape index (κ1) is 17.7. The monoisotopic (exact) mass is 351 g/mol. The molecule has 2 aromatic carbocycles. The molecular weight excluding hydrogens is 330 g/mol. The van der Waals surface area contributed by atoms with Gasteiger partial charge in [-0.05, 0) is 43.9 Å². The Morgan fingerprint density at radius 2 is 1.92 bits per heavy atom. The summed E-state index contributed by atoms with van der Waals surface area (Å²) in [6.07, 6.45) is 1.68. The van der Waals surface area contributed by atoms with Crippen LogP contribution < -0.4 is 10.6 Å². The van der Waals surface area contributed by atoms with Crippen LogP contribution in [0, 0.1) is 0 Å². The van der Waals surface area contributed by atoms with E-state index in [-0.39, 0.29) is 5.91 Å². The van der Waals surface area contributed by atoms with E-state index in [1.54, 1.807) is 24.4 Å². The average Bonchev–Trinajstić information content (AvgIpc) is 2.94. The Morgan fingerprint density at radius 3 is 2.58 bits per heavy atom. The van der Waals surface area contributed by atoms with Crippen LogP contribution in [0.1, 0.15) is 21.5 Å². The third-order valence-electron chi connectivity index (χ3n) is 4.06. The molecule has 0 aromatic heterocycles. The van der Waals surface area contributed by atoms with Gasteiger partial charge in [-0.2, -0.15) is 0 Å². The van der Waals surface area contributed by atoms with Crippen LogP contribution in [0.4, 0.5) is 11.4 Å². The number of fused-ring (bicyclic) bond motifs is 1. The molecule has 1 heterocycles. The topological polar surface area (TPSA) is 70.7 Å². The Morgan fingerprint density at radius 1 is 1.19 bits per heavy atom. The van der Waals surface area contributed by atoms with Crippen molar-refractivity contribution in [2.45, 2.75) is 6.54 Å². The summed E-state index contributed by atoms with van der Waals surface area (Å²) in [5.41, 5.74) is 4.39. The zero-order chi connectivity index (χ0) is 18.7. The number of nitrogens with zero attached hydrogens (tertiary/aromatic N) is 1. The number of carbonyl (C=O) groups excluding carboxylic acids is 2. The molecule has 0 saturated carbocycles. The van der Waals surface area contributed by atoms with Crippen molar-refractivity contribution >= 4 is 28.8 Å². The summed E-state index contributed by atoms with van der Waals surface area (Å²) >= 11 is 0. The minimum Gasteiger partial charge on any atom is -0.465 e. The predicted molar refractivity (Wildman–Crippen MR) is 102 cm³/mol. The molecule has 0 aliphatic carbocycles. The van der Waals surface area contributed by atoms with Gasteiger partial charge in [0, 0.05) is 29.7 Å². The van der Waals surface area contributed by atoms with E-state index in [1.165, 1.54) is 12.7 Å². The highest BCUT2D eigenvalue weighted by Gasteiger charge is 2.25. The Hall–Kier alpha value is -3.12. The lowest BCUT2D eigenvalue weighted by Crippen LogP contribution is -2.10. The van der Waals surface area contributed by atoms with E-state index in [2.05, 4.69) is 15.5 Å². The highest BCUT2D eigenvalue weighted by molar-refractivity contribution is 6.31. The van der Waals surface area contributed by atoms with E-state index >= 15 is 0 Å². The Kier molecular flexibility index (Phi) is 5.04. The molecule has 1 amide bonds. The number of anilines is 2. The number of hydrogen-bond donors (Lipinski definition) is 2. The number of nitrogens with one attached hydrogen (secondary N) is 2. The normalized spacial score (nSPS) is 14.3. The number of ether oxygens (including phenoxy) is 1. The number of hydrogen-bond acceptors (Lipinski definition) is 5. The van der Waals surface area contributed by atoms with Crippen LogP contribution in [0.2, 0.25) is 0 Å². The summed E-state index contributed by atoms with van der Waals surface area (Å²) in [6, 6.07) is 13.1. The lowest BCUT2D eigenvalue weighted by Gasteiger charge is -2.10. The van der Waals surface area contributed by atoms with E-state index in [0.717, 1.165) is 17.8 Å². The molecule has 1 aliphatic rings. The molecule has 2 N–H and O–H groups in total. The summed E-state index contributed by atoms with van der Waals surface area (Å²) in [5, 5.41) is 5.93. The fraction of sp³-hybridized carbons (Fsp3) is 0.200. The van der Waals surface area contributed by atoms with Gasteiger partial charge < -0.3 is 20.3 Å². The van der Waals surface area contributed by atoms with E-state index in [1.807, 2.05) is 38.4 Å². The Labute approximate surface area is 152 Å². The number of methoxy groups -OCH3 is 1. The minimum atomic E-state index is -0.435. The number of benzene rings is 2. The lowest BCUT2D eigenvalue weighted by atomic mass is 10.1. The second-order valence-corrected chi connectivity index (χ2v) is 6.34. The van der Waals surface area contributed by atoms with E-state index in [9.17, 15) is 9.59 Å². The van der Waals surface area contributed by atoms with Gasteiger partial charge in [0.15, 0.2) is 0 Å². The van der Waals surface area contributed by atoms with Crippen LogP contribution in [-0.2, 0) is 16.1 Å². The number of rotatable bonds is 5. The molecule has 26 heavy (non-hydrogen) atoms. The first-order chi connectivity index (χ1) is 12.5. The van der Waals surface area contributed by atoms with Crippen molar-refractivity contribution in [2.75, 3.05) is 31.8 Å². The summed E-state index contributed by atoms with van der Waals surface area (Å²) in [4.78, 5) is 26.0. The van der Waals surface area contributed by atoms with E-state index in [4.69, 9.17) is 4.74 Å². The van der Waals surface area contributed by atoms with Crippen LogP contribution in [-0.4, -0.2) is 38.0 Å². The van der Waals surface area contributed by atoms with Gasteiger partial charge in [0.2, 0.25) is 0 Å². The Bertz CT molecular complexity index is 870. The zero-order valence-electron chi connectivity index (χ0n) is 15.0. The van der Waals surface area contributed by atoms with Gasteiger partial charge in [-0.3, -0.25) is 4.79 Å². The second-order valence-electron chi connectivity index (χ2n) is 6.34. The highest BCUT2D eigenvalue weighted by Crippen LogP contribution is 2.32. The molecular formula is C20H21N3O3. The lowest BCUT2D eigenvalue weighted by molar-refractivity contribution is -0.110. The van der Waals surface area contributed by atoms with Crippen molar-refractivity contribution in [3.63, 3.8) is 0 Å². The molecule has 0 atom stereocenters. The first-order valence-corrected chi connectivity index (χ1v) is 8.22. The van der Waals surface area contributed by atoms with Gasteiger partial charge in [-0.1, -0.05) is 18.2 Å². The fourth-order valence-corrected chi connectivity index (χ4v) is 2.81. The summed E-state index contributed by atoms with van der Waals surface area (Å²) < 4.78 is 4.71. The number of carbonyl (C=O) groups is 2. The maximum Gasteiger partial charge on any atom is 0.337 e. The summed E-state index contributed by atoms with van der Waals surface area (Å²) in [6.45, 7) is 0.875. The molecule has 6 nitrogen and oxygen atoms in total. The van der Waals surface area contributed by atoms with Crippen LogP contribution >= 0.6 is 0 Å². The predicted octanol–water partition coefficient (Wildman–Crippen LogP) is 2.94. The summed E-state index contributed by atoms with van der Waals surface area (Å²) in [7, 11) is 5.38. The standard InChI is InChI=1S/C20H21N3O3/c1-23(2)12-13-4-7-15(8-5-13)21-11-17-16-9-6-14(20(25)26-3)10-18(16)22-19(17)24/h4-11,21H,12H2,1-3H3,(H,22,24)/b17-11-. The van der Waals surface area contributed by atoms with Gasteiger partial charge in [0.1, 0.15) is 0 Å². The van der Waals surface area contributed by atoms with Gasteiger partial charge in [0.05, 0.1) is 18.2 Å². The van der Waals surface area contributed by atoms with Gasteiger partial charge >= 0.3 is 5.97 Å². The molecule has 0 fully saturated rings. The third-order valence-corrected chi connectivity index (χ3v) is 4.06. The SMILES string of the molecule is COC(=O)c1ccc2c(c1)NC(=O)/C2=C\Nc1ccc(CN(C)C)cc1. The summed E-state index contributed by atoms with van der Waals surface area (Å²) in [5.74, 6) is -0.644. The smallest absolute Gasteiger partial charge is 0.337 e. The van der Waals surface area contributed by atoms with Crippen molar-refractivity contribution in [2.24, 2.45) is 0 Å². The number of amides is 1. The maximum atomic E-state index is 12.2. The number of esters is 1. The molecule has 2 aromatic rings. The van der Waals surface area contributed by atoms with Gasteiger partial charge in [-0.15, -0.1) is 0 Å². The maximum absolute atomic E-state index is 12.2. The molecule has 134 valence electrons. The molecule has 0 spiro atoms. The first-order valence-electron chi connectivity index (χ1n) is 8.22. The van der Waals surface area contributed by atoms with Crippen molar-refractivity contribution in [1.82, 2.24) is 4.90 Å². The molecule has 0 unspecified atom stereocenters. The van der Waals surface area contributed by atoms with Crippen molar-refractivity contribution in [3.05, 3.63) is 65.4 Å². The van der Waals surface area contributed by atoms with Crippen LogP contribution in [0.3, 0.4) is 0 Å². The van der Waals surface area contributed by atoms with E-state index in [0.29, 0.717) is 16.8 Å². The average molecular weight is 351 g/mol. The van der Waals surface area contributed by atoms with Gasteiger partial charge in [0.25, 0.3) is 5.91 Å². The van der Waals surface area contributed by atoms with Crippen molar-refractivity contribution < 1.29 is 14.3 Å². The molecule has 0 bridgehead atoms. The van der Waals surface area contributed by atoms with Crippen molar-refractivity contribution in [3.8, 4) is 0 Å². The van der Waals surface area contributed by atoms with Crippen molar-refractivity contribution in [1.29, 1.82) is 0 Å². The largest absolute Gasteiger partial charge is 0.465 e. The highest BCUT2D eigenvalue weighted by atomic mass is 16.5. The van der Waals surface area contributed by atoms with Crippen LogP contribution in [0.15, 0.2) is 48.7 Å². The van der Waals surface area contributed by atoms with Crippen LogP contribution in [0.25, 0.3) is 5.57 Å². The molecule has 6 heteroatoms. The van der Waals surface area contributed by atoms with Gasteiger partial charge in [-0.25, -0.2) is 4.79 Å². The second kappa shape index (κ2) is 7.41. The zero-order valence-corrected chi connectivity index (χ0v) is 15.0.